The first-order chi connectivity index (χ1) is 4.12. The highest BCUT2D eigenvalue weighted by Crippen LogP contribution is 1.88. The third kappa shape index (κ3) is 4.11. The van der Waals surface area contributed by atoms with Gasteiger partial charge in [0.15, 0.2) is 0 Å². The standard InChI is InChI=1S/C4H7O4S/c1-2-9(6,7)8-4-3-5/h2,4H2,1H3. The summed E-state index contributed by atoms with van der Waals surface area (Å²) >= 11 is 0. The lowest BCUT2D eigenvalue weighted by Gasteiger charge is -1.94. The molecule has 0 aromatic rings. The van der Waals surface area contributed by atoms with E-state index in [2.05, 4.69) is 4.18 Å². The average molecular weight is 151 g/mol. The van der Waals surface area contributed by atoms with Gasteiger partial charge in [-0.25, -0.2) is 0 Å². The molecular weight excluding hydrogens is 144 g/mol. The molecule has 0 aliphatic rings. The molecule has 0 aromatic carbocycles. The topological polar surface area (TPSA) is 60.4 Å². The first kappa shape index (κ1) is 8.58. The van der Waals surface area contributed by atoms with E-state index >= 15 is 0 Å². The third-order valence-electron chi connectivity index (χ3n) is 0.651. The molecule has 0 heterocycles. The molecular formula is C4H7O4S. The van der Waals surface area contributed by atoms with Crippen molar-refractivity contribution in [3.05, 3.63) is 0 Å². The van der Waals surface area contributed by atoms with E-state index in [1.807, 2.05) is 0 Å². The van der Waals surface area contributed by atoms with Crippen LogP contribution < -0.4 is 0 Å². The normalized spacial score (nSPS) is 11.2. The van der Waals surface area contributed by atoms with Crippen molar-refractivity contribution in [1.82, 2.24) is 0 Å². The van der Waals surface area contributed by atoms with Crippen LogP contribution in [0.25, 0.3) is 0 Å². The molecule has 9 heavy (non-hydrogen) atoms. The maximum atomic E-state index is 10.4. The van der Waals surface area contributed by atoms with Crippen LogP contribution in [0.1, 0.15) is 6.92 Å². The Morgan fingerprint density at radius 2 is 2.11 bits per heavy atom. The second-order valence-electron chi connectivity index (χ2n) is 1.25. The minimum absolute atomic E-state index is 0.116. The van der Waals surface area contributed by atoms with Gasteiger partial charge in [0, 0.05) is 0 Å². The summed E-state index contributed by atoms with van der Waals surface area (Å²) in [5.74, 6) is -0.116. The lowest BCUT2D eigenvalue weighted by atomic mass is 10.9. The molecule has 0 unspecified atom stereocenters. The molecule has 53 valence electrons. The zero-order valence-electron chi connectivity index (χ0n) is 4.96. The van der Waals surface area contributed by atoms with Crippen LogP contribution in [0.2, 0.25) is 0 Å². The minimum atomic E-state index is -3.44. The zero-order chi connectivity index (χ0) is 7.33. The van der Waals surface area contributed by atoms with Crippen molar-refractivity contribution in [3.63, 3.8) is 0 Å². The van der Waals surface area contributed by atoms with Crippen LogP contribution in [-0.2, 0) is 19.1 Å². The Morgan fingerprint density at radius 1 is 1.56 bits per heavy atom. The second-order valence-corrected chi connectivity index (χ2v) is 3.18. The van der Waals surface area contributed by atoms with Crippen molar-refractivity contribution in [2.45, 2.75) is 6.92 Å². The summed E-state index contributed by atoms with van der Waals surface area (Å²) in [4.78, 5) is 9.45. The van der Waals surface area contributed by atoms with Crippen molar-refractivity contribution < 1.29 is 17.4 Å². The quantitative estimate of drug-likeness (QED) is 0.506. The Balaban J connectivity index is 3.74. The number of carbonyl (C=O) groups excluding carboxylic acids is 1. The van der Waals surface area contributed by atoms with Gasteiger partial charge in [0.05, 0.1) is 5.75 Å². The molecule has 0 saturated carbocycles. The first-order valence-corrected chi connectivity index (χ1v) is 3.92. The molecule has 0 fully saturated rings. The van der Waals surface area contributed by atoms with Gasteiger partial charge in [0.2, 0.25) is 6.29 Å². The monoisotopic (exact) mass is 151 g/mol. The molecule has 0 amide bonds. The number of hydrogen-bond donors (Lipinski definition) is 0. The maximum absolute atomic E-state index is 10.4. The molecule has 0 aromatic heterocycles. The Morgan fingerprint density at radius 3 is 2.44 bits per heavy atom. The van der Waals surface area contributed by atoms with Gasteiger partial charge in [-0.15, -0.1) is 0 Å². The third-order valence-corrected chi connectivity index (χ3v) is 1.84. The maximum Gasteiger partial charge on any atom is 0.267 e. The minimum Gasteiger partial charge on any atom is -0.288 e. The zero-order valence-corrected chi connectivity index (χ0v) is 5.77. The Kier molecular flexibility index (Phi) is 3.41. The summed E-state index contributed by atoms with van der Waals surface area (Å²) < 4.78 is 24.8. The average Bonchev–Trinajstić information content (AvgIpc) is 1.84. The van der Waals surface area contributed by atoms with Crippen LogP contribution >= 0.6 is 0 Å². The number of hydrogen-bond acceptors (Lipinski definition) is 4. The van der Waals surface area contributed by atoms with Crippen molar-refractivity contribution in [1.29, 1.82) is 0 Å². The lowest BCUT2D eigenvalue weighted by Crippen LogP contribution is -2.09. The van der Waals surface area contributed by atoms with Crippen molar-refractivity contribution >= 4 is 16.4 Å². The predicted octanol–water partition coefficient (Wildman–Crippen LogP) is -0.538. The second kappa shape index (κ2) is 3.58. The van der Waals surface area contributed by atoms with Crippen molar-refractivity contribution in [2.24, 2.45) is 0 Å². The lowest BCUT2D eigenvalue weighted by molar-refractivity contribution is 0.360. The fourth-order valence-electron chi connectivity index (χ4n) is 0.197. The van der Waals surface area contributed by atoms with Gasteiger partial charge in [-0.05, 0) is 6.92 Å². The van der Waals surface area contributed by atoms with Gasteiger partial charge in [0.25, 0.3) is 10.1 Å². The highest BCUT2D eigenvalue weighted by atomic mass is 32.2. The van der Waals surface area contributed by atoms with E-state index in [1.165, 1.54) is 13.2 Å². The van der Waals surface area contributed by atoms with Gasteiger partial charge in [-0.1, -0.05) is 0 Å². The van der Waals surface area contributed by atoms with Crippen LogP contribution in [-0.4, -0.2) is 27.1 Å². The SMILES string of the molecule is CCS(=O)(=O)OC[C]=O. The van der Waals surface area contributed by atoms with E-state index in [-0.39, 0.29) is 5.75 Å². The molecule has 1 radical (unpaired) electrons. The molecule has 0 aliphatic heterocycles. The van der Waals surface area contributed by atoms with Crippen molar-refractivity contribution in [3.8, 4) is 0 Å². The fourth-order valence-corrected chi connectivity index (χ4v) is 0.592. The molecule has 0 rings (SSSR count). The molecule has 0 atom stereocenters. The summed E-state index contributed by atoms with van der Waals surface area (Å²) in [5.41, 5.74) is 0. The van der Waals surface area contributed by atoms with E-state index in [4.69, 9.17) is 0 Å². The van der Waals surface area contributed by atoms with Crippen LogP contribution in [0, 0.1) is 0 Å². The van der Waals surface area contributed by atoms with Gasteiger partial charge in [0.1, 0.15) is 6.61 Å². The van der Waals surface area contributed by atoms with E-state index < -0.39 is 16.7 Å². The highest BCUT2D eigenvalue weighted by Gasteiger charge is 2.04. The summed E-state index contributed by atoms with van der Waals surface area (Å²) in [6.07, 6.45) is 1.31. The van der Waals surface area contributed by atoms with Crippen LogP contribution in [0.4, 0.5) is 0 Å². The molecule has 0 N–H and O–H groups in total. The van der Waals surface area contributed by atoms with Crippen LogP contribution in [0.15, 0.2) is 0 Å². The van der Waals surface area contributed by atoms with E-state index in [0.717, 1.165) is 0 Å². The largest absolute Gasteiger partial charge is 0.288 e. The molecule has 4 nitrogen and oxygen atoms in total. The highest BCUT2D eigenvalue weighted by molar-refractivity contribution is 7.86. The summed E-state index contributed by atoms with van der Waals surface area (Å²) in [5, 5.41) is 0. The van der Waals surface area contributed by atoms with Gasteiger partial charge >= 0.3 is 0 Å². The Labute approximate surface area is 53.9 Å². The van der Waals surface area contributed by atoms with E-state index in [1.54, 1.807) is 0 Å². The Bertz CT molecular complexity index is 169. The van der Waals surface area contributed by atoms with E-state index in [9.17, 15) is 13.2 Å². The first-order valence-electron chi connectivity index (χ1n) is 2.34. The number of rotatable bonds is 4. The summed E-state index contributed by atoms with van der Waals surface area (Å²) in [7, 11) is -3.44. The van der Waals surface area contributed by atoms with E-state index in [0.29, 0.717) is 0 Å². The van der Waals surface area contributed by atoms with Crippen molar-refractivity contribution in [2.75, 3.05) is 12.4 Å². The molecule has 0 spiro atoms. The van der Waals surface area contributed by atoms with Crippen LogP contribution in [0.3, 0.4) is 0 Å². The summed E-state index contributed by atoms with van der Waals surface area (Å²) in [6, 6.07) is 0. The smallest absolute Gasteiger partial charge is 0.267 e. The van der Waals surface area contributed by atoms with Gasteiger partial charge < -0.3 is 0 Å². The van der Waals surface area contributed by atoms with Gasteiger partial charge in [-0.2, -0.15) is 8.42 Å². The van der Waals surface area contributed by atoms with Crippen LogP contribution in [0.5, 0.6) is 0 Å². The fraction of sp³-hybridized carbons (Fsp3) is 0.750. The molecule has 5 heteroatoms. The molecule has 0 saturated heterocycles. The summed E-state index contributed by atoms with van der Waals surface area (Å²) in [6.45, 7) is 0.927. The Hall–Kier alpha value is -0.420. The molecule has 0 bridgehead atoms. The molecule has 0 aliphatic carbocycles. The van der Waals surface area contributed by atoms with Gasteiger partial charge in [-0.3, -0.25) is 8.98 Å². The predicted molar refractivity (Wildman–Crippen MR) is 31.1 cm³/mol.